The summed E-state index contributed by atoms with van der Waals surface area (Å²) in [4.78, 5) is 14.3. The highest BCUT2D eigenvalue weighted by molar-refractivity contribution is 5.79. The molecule has 1 aliphatic heterocycles. The molecule has 0 saturated carbocycles. The molecule has 1 aromatic heterocycles. The van der Waals surface area contributed by atoms with Crippen LogP contribution in [0.4, 0.5) is 8.78 Å². The van der Waals surface area contributed by atoms with Crippen molar-refractivity contribution < 1.29 is 13.6 Å². The van der Waals surface area contributed by atoms with Crippen molar-refractivity contribution in [3.63, 3.8) is 0 Å². The highest BCUT2D eigenvalue weighted by atomic mass is 19.1. The van der Waals surface area contributed by atoms with Gasteiger partial charge in [-0.2, -0.15) is 5.10 Å². The number of benzene rings is 2. The van der Waals surface area contributed by atoms with Crippen LogP contribution in [0.5, 0.6) is 0 Å². The number of aromatic nitrogens is 2. The Morgan fingerprint density at radius 2 is 1.97 bits per heavy atom. The number of carbonyl (C=O) groups excluding carboxylic acids is 1. The van der Waals surface area contributed by atoms with E-state index >= 15 is 0 Å². The zero-order valence-corrected chi connectivity index (χ0v) is 18.3. The van der Waals surface area contributed by atoms with Crippen molar-refractivity contribution in [3.05, 3.63) is 89.2 Å². The Kier molecular flexibility index (Phi) is 6.65. The van der Waals surface area contributed by atoms with Crippen molar-refractivity contribution in [2.24, 2.45) is 5.92 Å². The first-order valence-electron chi connectivity index (χ1n) is 11.0. The number of carbonyl (C=O) groups is 1. The number of nitrogens with zero attached hydrogens (tertiary/aromatic N) is 3. The molecule has 5 nitrogen and oxygen atoms in total. The molecular formula is C25H28F2N4O. The maximum atomic E-state index is 14.3. The molecule has 1 aliphatic rings. The van der Waals surface area contributed by atoms with Crippen LogP contribution in [0, 0.1) is 17.6 Å². The number of nitrogens with one attached hydrogen (secondary N) is 1. The van der Waals surface area contributed by atoms with E-state index in [-0.39, 0.29) is 23.9 Å². The molecule has 0 radical (unpaired) electrons. The number of rotatable bonds is 8. The van der Waals surface area contributed by atoms with Gasteiger partial charge in [0.2, 0.25) is 5.91 Å². The van der Waals surface area contributed by atoms with Crippen molar-refractivity contribution in [1.82, 2.24) is 20.0 Å². The summed E-state index contributed by atoms with van der Waals surface area (Å²) < 4.78 is 29.5. The molecule has 4 rings (SSSR count). The van der Waals surface area contributed by atoms with Gasteiger partial charge in [0.1, 0.15) is 11.6 Å². The fourth-order valence-electron chi connectivity index (χ4n) is 4.57. The number of likely N-dealkylation sites (tertiary alicyclic amines) is 1. The summed E-state index contributed by atoms with van der Waals surface area (Å²) in [5.74, 6) is -1.03. The van der Waals surface area contributed by atoms with Crippen molar-refractivity contribution in [1.29, 1.82) is 0 Å². The zero-order chi connectivity index (χ0) is 22.7. The van der Waals surface area contributed by atoms with Gasteiger partial charge in [-0.3, -0.25) is 9.48 Å². The van der Waals surface area contributed by atoms with Crippen LogP contribution in [0.25, 0.3) is 0 Å². The van der Waals surface area contributed by atoms with Gasteiger partial charge in [0, 0.05) is 55.4 Å². The summed E-state index contributed by atoms with van der Waals surface area (Å²) in [5.41, 5.74) is 2.59. The molecule has 1 fully saturated rings. The van der Waals surface area contributed by atoms with E-state index in [1.807, 2.05) is 49.2 Å². The standard InChI is InChI=1S/C25H28F2N4O/c1-3-23(21-10-9-20(26)12-22(21)27)28-13-18-11-24(32)30(2)25(18)19-14-29-31(16-19)15-17-7-5-4-6-8-17/h4-10,12,14,16,18,23,25,28H,3,11,13,15H2,1-2H3/t18-,23?,25+/m0/s1. The second-order valence-electron chi connectivity index (χ2n) is 8.41. The van der Waals surface area contributed by atoms with E-state index in [0.717, 1.165) is 17.2 Å². The molecule has 1 N–H and O–H groups in total. The van der Waals surface area contributed by atoms with Gasteiger partial charge >= 0.3 is 0 Å². The summed E-state index contributed by atoms with van der Waals surface area (Å²) in [6.45, 7) is 3.16. The number of hydrogen-bond acceptors (Lipinski definition) is 3. The van der Waals surface area contributed by atoms with Crippen LogP contribution in [0.2, 0.25) is 0 Å². The molecule has 0 bridgehead atoms. The first kappa shape index (κ1) is 22.1. The molecule has 1 amide bonds. The van der Waals surface area contributed by atoms with Gasteiger partial charge in [0.15, 0.2) is 0 Å². The first-order chi connectivity index (χ1) is 15.5. The van der Waals surface area contributed by atoms with Gasteiger partial charge in [0.25, 0.3) is 0 Å². The average molecular weight is 439 g/mol. The maximum absolute atomic E-state index is 14.3. The summed E-state index contributed by atoms with van der Waals surface area (Å²) >= 11 is 0. The van der Waals surface area contributed by atoms with Gasteiger partial charge in [0.05, 0.1) is 18.8 Å². The molecule has 1 saturated heterocycles. The lowest BCUT2D eigenvalue weighted by Gasteiger charge is -2.26. The summed E-state index contributed by atoms with van der Waals surface area (Å²) in [7, 11) is 1.82. The molecule has 3 aromatic rings. The SMILES string of the molecule is CCC(NC[C@@H]1CC(=O)N(C)[C@H]1c1cnn(Cc2ccccc2)c1)c1ccc(F)cc1F. The Balaban J connectivity index is 1.48. The quantitative estimate of drug-likeness (QED) is 0.565. The molecular weight excluding hydrogens is 410 g/mol. The molecule has 32 heavy (non-hydrogen) atoms. The molecule has 1 unspecified atom stereocenters. The molecule has 2 heterocycles. The fraction of sp³-hybridized carbons (Fsp3) is 0.360. The molecule has 7 heteroatoms. The zero-order valence-electron chi connectivity index (χ0n) is 18.3. The molecule has 2 aromatic carbocycles. The van der Waals surface area contributed by atoms with Crippen molar-refractivity contribution in [3.8, 4) is 0 Å². The van der Waals surface area contributed by atoms with E-state index in [1.165, 1.54) is 12.1 Å². The lowest BCUT2D eigenvalue weighted by Crippen LogP contribution is -2.31. The Morgan fingerprint density at radius 1 is 1.19 bits per heavy atom. The minimum Gasteiger partial charge on any atom is -0.338 e. The Bertz CT molecular complexity index is 1070. The Labute approximate surface area is 187 Å². The van der Waals surface area contributed by atoms with Crippen LogP contribution < -0.4 is 5.32 Å². The fourth-order valence-corrected chi connectivity index (χ4v) is 4.57. The second-order valence-corrected chi connectivity index (χ2v) is 8.41. The van der Waals surface area contributed by atoms with Crippen LogP contribution in [-0.4, -0.2) is 34.2 Å². The smallest absolute Gasteiger partial charge is 0.223 e. The lowest BCUT2D eigenvalue weighted by molar-refractivity contribution is -0.127. The van der Waals surface area contributed by atoms with Crippen LogP contribution in [0.1, 0.15) is 48.5 Å². The van der Waals surface area contributed by atoms with Gasteiger partial charge in [-0.05, 0) is 18.1 Å². The topological polar surface area (TPSA) is 50.2 Å². The van der Waals surface area contributed by atoms with E-state index in [4.69, 9.17) is 0 Å². The van der Waals surface area contributed by atoms with Crippen LogP contribution in [0.15, 0.2) is 60.9 Å². The third-order valence-electron chi connectivity index (χ3n) is 6.25. The van der Waals surface area contributed by atoms with Gasteiger partial charge in [-0.15, -0.1) is 0 Å². The predicted molar refractivity (Wildman–Crippen MR) is 119 cm³/mol. The second kappa shape index (κ2) is 9.61. The molecule has 168 valence electrons. The molecule has 0 aliphatic carbocycles. The highest BCUT2D eigenvalue weighted by Crippen LogP contribution is 2.37. The normalized spacial score (nSPS) is 19.5. The Morgan fingerprint density at radius 3 is 2.69 bits per heavy atom. The van der Waals surface area contributed by atoms with E-state index < -0.39 is 11.6 Å². The predicted octanol–water partition coefficient (Wildman–Crippen LogP) is 4.47. The average Bonchev–Trinajstić information content (AvgIpc) is 3.34. The first-order valence-corrected chi connectivity index (χ1v) is 11.0. The minimum absolute atomic E-state index is 0.0273. The minimum atomic E-state index is -0.586. The van der Waals surface area contributed by atoms with Gasteiger partial charge < -0.3 is 10.2 Å². The molecule has 0 spiro atoms. The van der Waals surface area contributed by atoms with Crippen molar-refractivity contribution >= 4 is 5.91 Å². The molecule has 3 atom stereocenters. The number of amides is 1. The largest absolute Gasteiger partial charge is 0.338 e. The maximum Gasteiger partial charge on any atom is 0.223 e. The monoisotopic (exact) mass is 438 g/mol. The third-order valence-corrected chi connectivity index (χ3v) is 6.25. The van der Waals surface area contributed by atoms with Gasteiger partial charge in [-0.1, -0.05) is 43.3 Å². The van der Waals surface area contributed by atoms with E-state index in [2.05, 4.69) is 22.5 Å². The number of halogens is 2. The third kappa shape index (κ3) is 4.72. The highest BCUT2D eigenvalue weighted by Gasteiger charge is 2.39. The van der Waals surface area contributed by atoms with E-state index in [0.29, 0.717) is 31.5 Å². The van der Waals surface area contributed by atoms with Gasteiger partial charge in [-0.25, -0.2) is 8.78 Å². The van der Waals surface area contributed by atoms with Crippen molar-refractivity contribution in [2.75, 3.05) is 13.6 Å². The van der Waals surface area contributed by atoms with Crippen LogP contribution in [0.3, 0.4) is 0 Å². The lowest BCUT2D eigenvalue weighted by atomic mass is 9.94. The van der Waals surface area contributed by atoms with E-state index in [1.54, 1.807) is 4.90 Å². The summed E-state index contributed by atoms with van der Waals surface area (Å²) in [5, 5.41) is 7.91. The number of hydrogen-bond donors (Lipinski definition) is 1. The van der Waals surface area contributed by atoms with Crippen LogP contribution >= 0.6 is 0 Å². The van der Waals surface area contributed by atoms with Crippen LogP contribution in [-0.2, 0) is 11.3 Å². The Hall–Kier alpha value is -3.06. The van der Waals surface area contributed by atoms with Crippen molar-refractivity contribution in [2.45, 2.75) is 38.4 Å². The summed E-state index contributed by atoms with van der Waals surface area (Å²) in [6, 6.07) is 13.4. The summed E-state index contributed by atoms with van der Waals surface area (Å²) in [6.07, 6.45) is 4.89. The van der Waals surface area contributed by atoms with E-state index in [9.17, 15) is 13.6 Å².